The number of sulfonamides is 12. The third-order valence-electron chi connectivity index (χ3n) is 12.4. The summed E-state index contributed by atoms with van der Waals surface area (Å²) in [5.74, 6) is -1.92. The normalized spacial score (nSPS) is 14.4. The van der Waals surface area contributed by atoms with Crippen LogP contribution in [-0.2, 0) is 130 Å². The maximum absolute atomic E-state index is 12.9. The van der Waals surface area contributed by atoms with Crippen molar-refractivity contribution in [3.05, 3.63) is 0 Å². The van der Waals surface area contributed by atoms with E-state index in [0.29, 0.717) is 25.3 Å². The maximum Gasteiger partial charge on any atom is 0.426 e. The smallest absolute Gasteiger partial charge is 0.426 e. The molecule has 2 amide bonds. The van der Waals surface area contributed by atoms with Crippen LogP contribution in [0.1, 0.15) is 208 Å². The van der Waals surface area contributed by atoms with Crippen molar-refractivity contribution in [1.82, 2.24) is 53.8 Å². The van der Waals surface area contributed by atoms with Crippen molar-refractivity contribution in [2.45, 2.75) is 247 Å². The second kappa shape index (κ2) is 39.5. The molecule has 0 aliphatic carbocycles. The first-order chi connectivity index (χ1) is 45.7. The lowest BCUT2D eigenvalue weighted by Gasteiger charge is -2.38. The molecule has 2 N–H and O–H groups in total. The minimum absolute atomic E-state index is 0.0913. The van der Waals surface area contributed by atoms with Gasteiger partial charge in [-0.1, -0.05) is 0 Å². The van der Waals surface area contributed by atoms with Crippen LogP contribution in [0.2, 0.25) is 0 Å². The summed E-state index contributed by atoms with van der Waals surface area (Å²) in [4.78, 5) is 24.1. The largest absolute Gasteiger partial charge is 0.443 e. The van der Waals surface area contributed by atoms with Crippen LogP contribution in [0.25, 0.3) is 0 Å². The average Bonchev–Trinajstić information content (AvgIpc) is 0.753. The SMILES string of the molecule is CCS(=O)(=O)N(N(C)C(=O)OC(C)(C)C)S(=O)(=O)CC.CCS(=O)(=O)N(N(C)C)S(=O)(=O)CC.CCS(=O)(=O)N(NC)S(=O)(=O)CC.CN(C(=O)OC(C)(C)C)N(S(=O)(=O)C(C)(C)C)S(=O)(=O)C(C)(C)C.CN(C)N(S(=O)(=O)C(C)(C)C)S(=O)(=O)C(C)(C)C.CNN(S(=O)(=O)C(C)(C)C)S(=O)(=O)C(C)(C)C. The van der Waals surface area contributed by atoms with E-state index in [9.17, 15) is 111 Å². The van der Waals surface area contributed by atoms with E-state index in [4.69, 9.17) is 9.47 Å². The second-order valence-electron chi connectivity index (χ2n) is 30.4. The van der Waals surface area contributed by atoms with Crippen LogP contribution in [0.3, 0.4) is 0 Å². The molecule has 0 heterocycles. The Morgan fingerprint density at radius 1 is 0.255 bits per heavy atom. The molecule has 0 rings (SSSR count). The minimum atomic E-state index is -4.41. The molecule has 106 heavy (non-hydrogen) atoms. The molecule has 0 saturated carbocycles. The van der Waals surface area contributed by atoms with E-state index in [2.05, 4.69) is 10.9 Å². The lowest BCUT2D eigenvalue weighted by Crippen LogP contribution is -2.59. The summed E-state index contributed by atoms with van der Waals surface area (Å²) in [7, 11) is -38.0. The standard InChI is InChI=1S/C14H30N2O6S2.C10H22N2O6S2.C10H24N2O4S2.C9H22N2O4S2.C6H16N2O4S2.C5H14N2O4S2/c1-12(2,3)22-11(17)15(10)16(23(18,19)13(4,5)6)24(20,21)14(7,8)9;1-7-19(14,15)12(20(16,17)8-2)11(6)9(13)18-10(3,4)5;1-9(2,3)17(13,14)12(11(7)8)18(15,16)10(4,5)6;1-8(2,3)16(12,13)11(10-7)17(14,15)9(4,5)6;1-5-13(9,10)8(7(3)4)14(11,12)6-2;1-4-12(8,9)7(6-3)13(10,11)5-2/h1-10H3;7-8H2,1-6H3;1-8H3;10H,1-7H3;5-6H2,1-4H3;6H,4-5H2,1-3H3. The lowest BCUT2D eigenvalue weighted by atomic mass is 10.2. The molecule has 0 fully saturated rings. The summed E-state index contributed by atoms with van der Waals surface area (Å²) in [6.07, 6.45) is -2.14. The molecule has 0 radical (unpaired) electrons. The molecule has 0 aromatic heterocycles. The first-order valence-corrected chi connectivity index (χ1v) is 50.3. The van der Waals surface area contributed by atoms with Crippen molar-refractivity contribution >= 4 is 132 Å². The highest BCUT2D eigenvalue weighted by Crippen LogP contribution is 2.33. The molecule has 0 atom stereocenters. The Kier molecular flexibility index (Phi) is 42.7. The van der Waals surface area contributed by atoms with Crippen LogP contribution in [0.5, 0.6) is 0 Å². The van der Waals surface area contributed by atoms with Crippen molar-refractivity contribution in [1.29, 1.82) is 0 Å². The summed E-state index contributed by atoms with van der Waals surface area (Å²) in [5, 5.41) is 3.09. The van der Waals surface area contributed by atoms with Crippen molar-refractivity contribution < 1.29 is 120 Å². The molecule has 644 valence electrons. The van der Waals surface area contributed by atoms with Gasteiger partial charge in [0.15, 0.2) is 0 Å². The van der Waals surface area contributed by atoms with Gasteiger partial charge >= 0.3 is 12.2 Å². The molecule has 0 aromatic carbocycles. The Bertz CT molecular complexity index is 4100. The van der Waals surface area contributed by atoms with Gasteiger partial charge in [0.2, 0.25) is 120 Å². The fraction of sp³-hybridized carbons (Fsp3) is 0.963. The van der Waals surface area contributed by atoms with E-state index in [1.54, 1.807) is 41.5 Å². The van der Waals surface area contributed by atoms with Crippen LogP contribution >= 0.6 is 0 Å². The Hall–Kier alpha value is -2.46. The fourth-order valence-corrected chi connectivity index (χ4v) is 27.9. The topological polar surface area (TPSA) is 519 Å². The summed E-state index contributed by atoms with van der Waals surface area (Å²) < 4.78 is 292. The molecule has 0 aromatic rings. The van der Waals surface area contributed by atoms with Crippen molar-refractivity contribution in [3.8, 4) is 0 Å². The summed E-state index contributed by atoms with van der Waals surface area (Å²) in [6.45, 7) is 43.3. The molecule has 0 aliphatic heterocycles. The summed E-state index contributed by atoms with van der Waals surface area (Å²) >= 11 is 0. The Morgan fingerprint density at radius 2 is 0.425 bits per heavy atom. The highest BCUT2D eigenvalue weighted by molar-refractivity contribution is 8.07. The van der Waals surface area contributed by atoms with Crippen molar-refractivity contribution in [2.75, 3.05) is 90.9 Å². The van der Waals surface area contributed by atoms with Crippen molar-refractivity contribution in [3.63, 3.8) is 0 Å². The Balaban J connectivity index is -0.000000286. The third-order valence-corrected chi connectivity index (χ3v) is 42.1. The molecular weight excluding hydrogens is 1650 g/mol. The van der Waals surface area contributed by atoms with Gasteiger partial charge in [-0.25, -0.2) is 141 Å². The predicted octanol–water partition coefficient (Wildman–Crippen LogP) is 3.38. The number of nitrogens with zero attached hydrogens (tertiary/aromatic N) is 10. The van der Waals surface area contributed by atoms with Gasteiger partial charge in [0.05, 0.1) is 63.0 Å². The quantitative estimate of drug-likeness (QED) is 0.131. The predicted molar refractivity (Wildman–Crippen MR) is 413 cm³/mol. The van der Waals surface area contributed by atoms with Crippen LogP contribution in [0.4, 0.5) is 9.59 Å². The molecule has 0 aliphatic rings. The second-order valence-corrected chi connectivity index (χ2v) is 59.5. The summed E-state index contributed by atoms with van der Waals surface area (Å²) in [6, 6.07) is 0. The monoisotopic (exact) mass is 1780 g/mol. The molecule has 0 unspecified atom stereocenters. The van der Waals surface area contributed by atoms with E-state index in [1.165, 1.54) is 208 Å². The van der Waals surface area contributed by atoms with Gasteiger partial charge in [-0.2, -0.15) is 0 Å². The Morgan fingerprint density at radius 3 is 0.575 bits per heavy atom. The highest BCUT2D eigenvalue weighted by Gasteiger charge is 2.53. The van der Waals surface area contributed by atoms with Gasteiger partial charge in [0, 0.05) is 64.0 Å². The molecule has 40 nitrogen and oxygen atoms in total. The van der Waals surface area contributed by atoms with Crippen molar-refractivity contribution in [2.24, 2.45) is 0 Å². The first kappa shape index (κ1) is 114. The van der Waals surface area contributed by atoms with Gasteiger partial charge in [-0.05, 0) is 223 Å². The van der Waals surface area contributed by atoms with E-state index >= 15 is 0 Å². The highest BCUT2D eigenvalue weighted by atomic mass is 32.3. The lowest BCUT2D eigenvalue weighted by molar-refractivity contribution is 0.0104. The van der Waals surface area contributed by atoms with Gasteiger partial charge in [-0.3, -0.25) is 0 Å². The van der Waals surface area contributed by atoms with Crippen LogP contribution in [0, 0.1) is 0 Å². The van der Waals surface area contributed by atoms with E-state index in [0.717, 1.165) is 24.1 Å². The van der Waals surface area contributed by atoms with Gasteiger partial charge in [0.1, 0.15) is 11.2 Å². The Labute approximate surface area is 639 Å². The van der Waals surface area contributed by atoms with Crippen LogP contribution in [-0.4, -0.2) is 287 Å². The number of ether oxygens (including phenoxy) is 2. The average molecular weight is 1780 g/mol. The minimum Gasteiger partial charge on any atom is -0.443 e. The summed E-state index contributed by atoms with van der Waals surface area (Å²) in [5.41, 5.74) is 2.61. The molecular formula is C54H128N12O28S12. The number of hydrogen-bond donors (Lipinski definition) is 2. The number of rotatable bonds is 24. The first-order valence-electron chi connectivity index (χ1n) is 32.0. The molecule has 0 saturated heterocycles. The number of carbonyl (C=O) groups is 2. The number of carbonyl (C=O) groups excluding carboxylic acids is 2. The van der Waals surface area contributed by atoms with Crippen LogP contribution < -0.4 is 10.9 Å². The van der Waals surface area contributed by atoms with E-state index in [1.807, 2.05) is 0 Å². The molecule has 0 bridgehead atoms. The number of nitrogens with one attached hydrogen (secondary N) is 2. The molecule has 0 spiro atoms. The number of amides is 2. The maximum atomic E-state index is 12.9. The number of hydrazine groups is 6. The third kappa shape index (κ3) is 31.8. The van der Waals surface area contributed by atoms with Gasteiger partial charge < -0.3 is 9.47 Å². The zero-order valence-corrected chi connectivity index (χ0v) is 78.8. The fourth-order valence-electron chi connectivity index (χ4n) is 5.95. The van der Waals surface area contributed by atoms with Crippen LogP contribution in [0.15, 0.2) is 0 Å². The number of hydrogen-bond acceptors (Lipinski definition) is 32. The van der Waals surface area contributed by atoms with E-state index in [-0.39, 0.29) is 30.7 Å². The van der Waals surface area contributed by atoms with E-state index < -0.39 is 184 Å². The molecule has 52 heteroatoms. The zero-order valence-electron chi connectivity index (χ0n) is 69.0. The zero-order chi connectivity index (χ0) is 88.0. The van der Waals surface area contributed by atoms with Gasteiger partial charge in [-0.15, -0.1) is 0 Å². The van der Waals surface area contributed by atoms with Gasteiger partial charge in [0.25, 0.3) is 0 Å².